The number of benzene rings is 2. The van der Waals surface area contributed by atoms with E-state index in [-0.39, 0.29) is 22.2 Å². The highest BCUT2D eigenvalue weighted by atomic mass is 35.5. The van der Waals surface area contributed by atoms with Crippen molar-refractivity contribution in [3.63, 3.8) is 0 Å². The minimum Gasteiger partial charge on any atom is -0.484 e. The maximum Gasteiger partial charge on any atom is 0.276 e. The average molecular weight is 353 g/mol. The van der Waals surface area contributed by atoms with Crippen molar-refractivity contribution in [2.24, 2.45) is 0 Å². The van der Waals surface area contributed by atoms with Gasteiger partial charge in [-0.1, -0.05) is 41.4 Å². The van der Waals surface area contributed by atoms with Gasteiger partial charge in [0.05, 0.1) is 15.6 Å². The van der Waals surface area contributed by atoms with Crippen molar-refractivity contribution in [1.82, 2.24) is 10.9 Å². The van der Waals surface area contributed by atoms with Crippen molar-refractivity contribution in [2.45, 2.75) is 6.92 Å². The fourth-order valence-electron chi connectivity index (χ4n) is 1.76. The summed E-state index contributed by atoms with van der Waals surface area (Å²) >= 11 is 11.8. The van der Waals surface area contributed by atoms with Crippen LogP contribution in [-0.4, -0.2) is 18.4 Å². The lowest BCUT2D eigenvalue weighted by atomic mass is 10.2. The molecule has 0 aliphatic carbocycles. The Morgan fingerprint density at radius 2 is 1.83 bits per heavy atom. The highest BCUT2D eigenvalue weighted by Crippen LogP contribution is 2.25. The Morgan fingerprint density at radius 1 is 1.09 bits per heavy atom. The number of carbonyl (C=O) groups is 2. The largest absolute Gasteiger partial charge is 0.484 e. The summed E-state index contributed by atoms with van der Waals surface area (Å²) in [5, 5.41) is 0.380. The molecule has 0 spiro atoms. The van der Waals surface area contributed by atoms with Gasteiger partial charge in [0, 0.05) is 0 Å². The van der Waals surface area contributed by atoms with Crippen molar-refractivity contribution in [3.8, 4) is 5.75 Å². The summed E-state index contributed by atoms with van der Waals surface area (Å²) in [5.41, 5.74) is 5.69. The number of hydrogen-bond donors (Lipinski definition) is 2. The Morgan fingerprint density at radius 3 is 2.57 bits per heavy atom. The van der Waals surface area contributed by atoms with Crippen LogP contribution in [-0.2, 0) is 4.79 Å². The molecule has 2 N–H and O–H groups in total. The highest BCUT2D eigenvalue weighted by molar-refractivity contribution is 6.43. The van der Waals surface area contributed by atoms with Crippen LogP contribution in [0.5, 0.6) is 5.75 Å². The van der Waals surface area contributed by atoms with Crippen LogP contribution >= 0.6 is 23.2 Å². The summed E-state index contributed by atoms with van der Waals surface area (Å²) in [6, 6.07) is 11.9. The number of halogens is 2. The molecule has 5 nitrogen and oxygen atoms in total. The maximum absolute atomic E-state index is 11.9. The first-order valence-electron chi connectivity index (χ1n) is 6.70. The normalized spacial score (nSPS) is 10.0. The second-order valence-electron chi connectivity index (χ2n) is 4.71. The van der Waals surface area contributed by atoms with E-state index in [1.807, 2.05) is 19.1 Å². The number of hydrogen-bond acceptors (Lipinski definition) is 3. The van der Waals surface area contributed by atoms with Gasteiger partial charge in [-0.25, -0.2) is 0 Å². The quantitative estimate of drug-likeness (QED) is 0.830. The number of amides is 2. The van der Waals surface area contributed by atoms with Crippen LogP contribution in [0.1, 0.15) is 15.9 Å². The molecular weight excluding hydrogens is 339 g/mol. The van der Waals surface area contributed by atoms with Gasteiger partial charge in [-0.15, -0.1) is 0 Å². The predicted molar refractivity (Wildman–Crippen MR) is 88.7 cm³/mol. The molecule has 0 aromatic heterocycles. The zero-order valence-corrected chi connectivity index (χ0v) is 13.7. The summed E-state index contributed by atoms with van der Waals surface area (Å²) < 4.78 is 5.32. The van der Waals surface area contributed by atoms with E-state index in [0.717, 1.165) is 5.56 Å². The predicted octanol–water partition coefficient (Wildman–Crippen LogP) is 3.14. The third-order valence-electron chi connectivity index (χ3n) is 2.87. The molecule has 2 aromatic rings. The molecule has 0 saturated carbocycles. The first-order valence-corrected chi connectivity index (χ1v) is 7.45. The molecule has 0 fully saturated rings. The molecule has 0 heterocycles. The van der Waals surface area contributed by atoms with Crippen molar-refractivity contribution in [2.75, 3.05) is 6.61 Å². The minimum atomic E-state index is -0.568. The third kappa shape index (κ3) is 4.87. The van der Waals surface area contributed by atoms with E-state index in [0.29, 0.717) is 5.75 Å². The van der Waals surface area contributed by atoms with Gasteiger partial charge in [-0.2, -0.15) is 0 Å². The molecule has 2 aromatic carbocycles. The molecule has 0 aliphatic rings. The average Bonchev–Trinajstić information content (AvgIpc) is 2.53. The minimum absolute atomic E-state index is 0.122. The monoisotopic (exact) mass is 352 g/mol. The van der Waals surface area contributed by atoms with E-state index in [1.54, 1.807) is 24.3 Å². The molecule has 0 unspecified atom stereocenters. The first-order chi connectivity index (χ1) is 11.0. The molecule has 120 valence electrons. The first kappa shape index (κ1) is 17.1. The second-order valence-corrected chi connectivity index (χ2v) is 5.49. The van der Waals surface area contributed by atoms with Gasteiger partial charge < -0.3 is 4.74 Å². The molecule has 23 heavy (non-hydrogen) atoms. The van der Waals surface area contributed by atoms with Crippen LogP contribution in [0.2, 0.25) is 10.0 Å². The lowest BCUT2D eigenvalue weighted by Gasteiger charge is -2.10. The third-order valence-corrected chi connectivity index (χ3v) is 3.69. The fourth-order valence-corrected chi connectivity index (χ4v) is 2.15. The van der Waals surface area contributed by atoms with Gasteiger partial charge in [0.2, 0.25) is 0 Å². The summed E-state index contributed by atoms with van der Waals surface area (Å²) in [7, 11) is 0. The lowest BCUT2D eigenvalue weighted by molar-refractivity contribution is -0.123. The summed E-state index contributed by atoms with van der Waals surface area (Å²) in [4.78, 5) is 23.6. The topological polar surface area (TPSA) is 67.4 Å². The van der Waals surface area contributed by atoms with E-state index < -0.39 is 11.8 Å². The number of nitrogens with one attached hydrogen (secondary N) is 2. The van der Waals surface area contributed by atoms with Gasteiger partial charge in [-0.3, -0.25) is 20.4 Å². The molecule has 2 amide bonds. The Labute approximate surface area is 143 Å². The molecule has 0 saturated heterocycles. The standard InChI is InChI=1S/C16H14Cl2N2O3/c1-10-4-2-5-11(8-10)23-9-14(21)19-20-16(22)12-6-3-7-13(17)15(12)18/h2-8H,9H2,1H3,(H,19,21)(H,20,22). The SMILES string of the molecule is Cc1cccc(OCC(=O)NNC(=O)c2cccc(Cl)c2Cl)c1. The second kappa shape index (κ2) is 7.85. The zero-order valence-electron chi connectivity index (χ0n) is 12.2. The molecule has 0 atom stereocenters. The summed E-state index contributed by atoms with van der Waals surface area (Å²) in [6.45, 7) is 1.69. The molecular formula is C16H14Cl2N2O3. The van der Waals surface area contributed by atoms with Crippen molar-refractivity contribution in [3.05, 3.63) is 63.6 Å². The fraction of sp³-hybridized carbons (Fsp3) is 0.125. The van der Waals surface area contributed by atoms with Crippen LogP contribution in [0.15, 0.2) is 42.5 Å². The number of aryl methyl sites for hydroxylation is 1. The van der Waals surface area contributed by atoms with Crippen LogP contribution in [0.25, 0.3) is 0 Å². The molecule has 0 radical (unpaired) electrons. The number of rotatable bonds is 4. The van der Waals surface area contributed by atoms with Crippen LogP contribution < -0.4 is 15.6 Å². The van der Waals surface area contributed by atoms with E-state index in [9.17, 15) is 9.59 Å². The highest BCUT2D eigenvalue weighted by Gasteiger charge is 2.13. The molecule has 2 rings (SSSR count). The Balaban J connectivity index is 1.84. The Kier molecular flexibility index (Phi) is 5.84. The van der Waals surface area contributed by atoms with Crippen molar-refractivity contribution < 1.29 is 14.3 Å². The van der Waals surface area contributed by atoms with Crippen molar-refractivity contribution in [1.29, 1.82) is 0 Å². The van der Waals surface area contributed by atoms with Gasteiger partial charge in [-0.05, 0) is 36.8 Å². The van der Waals surface area contributed by atoms with E-state index in [1.165, 1.54) is 6.07 Å². The van der Waals surface area contributed by atoms with E-state index >= 15 is 0 Å². The molecule has 7 heteroatoms. The Hall–Kier alpha value is -2.24. The molecule has 0 bridgehead atoms. The van der Waals surface area contributed by atoms with Gasteiger partial charge in [0.1, 0.15) is 5.75 Å². The van der Waals surface area contributed by atoms with Crippen LogP contribution in [0.3, 0.4) is 0 Å². The summed E-state index contributed by atoms with van der Waals surface area (Å²) in [6.07, 6.45) is 0. The number of ether oxygens (including phenoxy) is 1. The number of hydrazine groups is 1. The zero-order chi connectivity index (χ0) is 16.8. The van der Waals surface area contributed by atoms with E-state index in [2.05, 4.69) is 10.9 Å². The van der Waals surface area contributed by atoms with Gasteiger partial charge in [0.15, 0.2) is 6.61 Å². The maximum atomic E-state index is 11.9. The van der Waals surface area contributed by atoms with E-state index in [4.69, 9.17) is 27.9 Å². The van der Waals surface area contributed by atoms with Crippen LogP contribution in [0, 0.1) is 6.92 Å². The smallest absolute Gasteiger partial charge is 0.276 e. The Bertz CT molecular complexity index is 735. The molecule has 0 aliphatic heterocycles. The lowest BCUT2D eigenvalue weighted by Crippen LogP contribution is -2.43. The number of carbonyl (C=O) groups excluding carboxylic acids is 2. The summed E-state index contributed by atoms with van der Waals surface area (Å²) in [5.74, 6) is -0.497. The van der Waals surface area contributed by atoms with Crippen LogP contribution in [0.4, 0.5) is 0 Å². The van der Waals surface area contributed by atoms with Gasteiger partial charge >= 0.3 is 0 Å². The van der Waals surface area contributed by atoms with Crippen molar-refractivity contribution >= 4 is 35.0 Å². The van der Waals surface area contributed by atoms with Gasteiger partial charge in [0.25, 0.3) is 11.8 Å².